The van der Waals surface area contributed by atoms with Gasteiger partial charge in [0.1, 0.15) is 5.76 Å². The Kier molecular flexibility index (Phi) is 4.37. The second-order valence-corrected chi connectivity index (χ2v) is 6.86. The van der Waals surface area contributed by atoms with E-state index >= 15 is 0 Å². The number of nitrogens with one attached hydrogen (secondary N) is 1. The molecule has 0 unspecified atom stereocenters. The van der Waals surface area contributed by atoms with E-state index in [1.807, 2.05) is 6.07 Å². The molecular weight excluding hydrogens is 316 g/mol. The summed E-state index contributed by atoms with van der Waals surface area (Å²) in [4.78, 5) is 6.90. The summed E-state index contributed by atoms with van der Waals surface area (Å²) in [5, 5.41) is 8.10. The molecule has 2 aromatic rings. The van der Waals surface area contributed by atoms with E-state index in [-0.39, 0.29) is 0 Å². The lowest BCUT2D eigenvalue weighted by molar-refractivity contribution is 0.175. The van der Waals surface area contributed by atoms with Crippen LogP contribution in [0.1, 0.15) is 49.1 Å². The number of hydrogen-bond acceptors (Lipinski definition) is 6. The van der Waals surface area contributed by atoms with Crippen LogP contribution in [0.2, 0.25) is 5.22 Å². The van der Waals surface area contributed by atoms with Crippen molar-refractivity contribution in [3.8, 4) is 0 Å². The molecule has 2 fully saturated rings. The van der Waals surface area contributed by atoms with Crippen LogP contribution in [-0.2, 0) is 13.1 Å². The number of hydrogen-bond donors (Lipinski definition) is 1. The molecule has 1 atom stereocenters. The number of nitrogens with zero attached hydrogens (tertiary/aromatic N) is 3. The van der Waals surface area contributed by atoms with Crippen LogP contribution in [0.3, 0.4) is 0 Å². The fourth-order valence-electron chi connectivity index (χ4n) is 3.09. The highest BCUT2D eigenvalue weighted by molar-refractivity contribution is 6.28. The molecule has 0 bridgehead atoms. The summed E-state index contributed by atoms with van der Waals surface area (Å²) >= 11 is 5.80. The summed E-state index contributed by atoms with van der Waals surface area (Å²) in [6.45, 7) is 3.54. The molecule has 1 saturated heterocycles. The molecule has 6 nitrogen and oxygen atoms in total. The summed E-state index contributed by atoms with van der Waals surface area (Å²) in [6, 6.07) is 4.14. The van der Waals surface area contributed by atoms with Crippen molar-refractivity contribution in [2.24, 2.45) is 0 Å². The zero-order valence-electron chi connectivity index (χ0n) is 13.0. The van der Waals surface area contributed by atoms with E-state index in [1.165, 1.54) is 25.7 Å². The Bertz CT molecular complexity index is 652. The maximum absolute atomic E-state index is 5.80. The largest absolute Gasteiger partial charge is 0.448 e. The molecule has 0 aromatic carbocycles. The van der Waals surface area contributed by atoms with Gasteiger partial charge in [0.25, 0.3) is 0 Å². The first-order valence-electron chi connectivity index (χ1n) is 8.29. The van der Waals surface area contributed by atoms with E-state index in [1.54, 1.807) is 6.07 Å². The van der Waals surface area contributed by atoms with Gasteiger partial charge in [-0.3, -0.25) is 4.90 Å². The lowest BCUT2D eigenvalue weighted by atomic mass is 10.1. The molecule has 1 aliphatic heterocycles. The van der Waals surface area contributed by atoms with Gasteiger partial charge in [0.05, 0.1) is 13.1 Å². The molecule has 1 aliphatic carbocycles. The summed E-state index contributed by atoms with van der Waals surface area (Å²) in [7, 11) is 0. The molecule has 2 aromatic heterocycles. The monoisotopic (exact) mass is 336 g/mol. The minimum absolute atomic E-state index is 0.440. The minimum atomic E-state index is 0.440. The highest BCUT2D eigenvalue weighted by atomic mass is 35.5. The molecule has 1 saturated carbocycles. The lowest BCUT2D eigenvalue weighted by Gasteiger charge is -2.32. The molecule has 124 valence electrons. The topological polar surface area (TPSA) is 67.3 Å². The van der Waals surface area contributed by atoms with Crippen LogP contribution < -0.4 is 5.32 Å². The van der Waals surface area contributed by atoms with Gasteiger partial charge in [-0.2, -0.15) is 4.98 Å². The maximum atomic E-state index is 5.80. The van der Waals surface area contributed by atoms with E-state index in [9.17, 15) is 0 Å². The smallest absolute Gasteiger partial charge is 0.229 e. The van der Waals surface area contributed by atoms with E-state index in [0.29, 0.717) is 23.7 Å². The van der Waals surface area contributed by atoms with Crippen molar-refractivity contribution >= 4 is 11.6 Å². The summed E-state index contributed by atoms with van der Waals surface area (Å²) in [6.07, 6.45) is 4.72. The maximum Gasteiger partial charge on any atom is 0.229 e. The minimum Gasteiger partial charge on any atom is -0.448 e. The van der Waals surface area contributed by atoms with Gasteiger partial charge in [0, 0.05) is 18.5 Å². The first-order valence-corrected chi connectivity index (χ1v) is 8.66. The Labute approximate surface area is 140 Å². The van der Waals surface area contributed by atoms with Crippen molar-refractivity contribution in [3.05, 3.63) is 34.8 Å². The van der Waals surface area contributed by atoms with E-state index in [0.717, 1.165) is 37.1 Å². The van der Waals surface area contributed by atoms with Crippen LogP contribution in [0.5, 0.6) is 0 Å². The Hall–Kier alpha value is -1.37. The van der Waals surface area contributed by atoms with Crippen molar-refractivity contribution in [1.82, 2.24) is 20.4 Å². The van der Waals surface area contributed by atoms with E-state index in [4.69, 9.17) is 20.5 Å². The lowest BCUT2D eigenvalue weighted by Crippen LogP contribution is -2.45. The Morgan fingerprint density at radius 1 is 1.30 bits per heavy atom. The second kappa shape index (κ2) is 6.63. The average molecular weight is 337 g/mol. The van der Waals surface area contributed by atoms with Crippen LogP contribution in [-0.4, -0.2) is 34.2 Å². The predicted octanol–water partition coefficient (Wildman–Crippen LogP) is 2.95. The van der Waals surface area contributed by atoms with Crippen molar-refractivity contribution in [2.75, 3.05) is 13.1 Å². The summed E-state index contributed by atoms with van der Waals surface area (Å²) in [5.41, 5.74) is 0. The van der Waals surface area contributed by atoms with Crippen molar-refractivity contribution in [3.63, 3.8) is 0 Å². The van der Waals surface area contributed by atoms with Crippen LogP contribution in [0.4, 0.5) is 0 Å². The van der Waals surface area contributed by atoms with Gasteiger partial charge in [-0.15, -0.1) is 0 Å². The van der Waals surface area contributed by atoms with Gasteiger partial charge in [-0.1, -0.05) is 5.16 Å². The number of rotatable bonds is 6. The Morgan fingerprint density at radius 3 is 3.00 bits per heavy atom. The van der Waals surface area contributed by atoms with Crippen LogP contribution >= 0.6 is 11.6 Å². The predicted molar refractivity (Wildman–Crippen MR) is 85.1 cm³/mol. The summed E-state index contributed by atoms with van der Waals surface area (Å²) < 4.78 is 10.7. The number of likely N-dealkylation sites (tertiary alicyclic amines) is 1. The number of piperidine rings is 1. The van der Waals surface area contributed by atoms with Gasteiger partial charge in [0.2, 0.25) is 5.89 Å². The van der Waals surface area contributed by atoms with Gasteiger partial charge in [-0.25, -0.2) is 0 Å². The third kappa shape index (κ3) is 3.94. The van der Waals surface area contributed by atoms with Crippen LogP contribution in [0.15, 0.2) is 21.1 Å². The van der Waals surface area contributed by atoms with Crippen molar-refractivity contribution < 1.29 is 8.94 Å². The first-order chi connectivity index (χ1) is 11.3. The standard InChI is InChI=1S/C16H21ClN4O2/c17-14-6-5-13(22-14)8-18-12-2-1-7-21(9-12)10-15-19-16(23-20-15)11-3-4-11/h5-6,11-12,18H,1-4,7-10H2/t12-/m0/s1. The number of furan rings is 1. The van der Waals surface area contributed by atoms with E-state index < -0.39 is 0 Å². The highest BCUT2D eigenvalue weighted by Gasteiger charge is 2.30. The van der Waals surface area contributed by atoms with Crippen molar-refractivity contribution in [1.29, 1.82) is 0 Å². The molecule has 0 radical (unpaired) electrons. The van der Waals surface area contributed by atoms with E-state index in [2.05, 4.69) is 20.4 Å². The molecular formula is C16H21ClN4O2. The van der Waals surface area contributed by atoms with Gasteiger partial charge < -0.3 is 14.3 Å². The average Bonchev–Trinajstić information content (AvgIpc) is 3.16. The van der Waals surface area contributed by atoms with Gasteiger partial charge in [-0.05, 0) is 56.0 Å². The van der Waals surface area contributed by atoms with Crippen LogP contribution in [0, 0.1) is 0 Å². The molecule has 23 heavy (non-hydrogen) atoms. The molecule has 2 aliphatic rings. The normalized spacial score (nSPS) is 22.6. The quantitative estimate of drug-likeness (QED) is 0.874. The third-order valence-electron chi connectivity index (χ3n) is 4.47. The molecule has 0 spiro atoms. The van der Waals surface area contributed by atoms with Crippen molar-refractivity contribution in [2.45, 2.75) is 50.7 Å². The van der Waals surface area contributed by atoms with Gasteiger partial charge >= 0.3 is 0 Å². The highest BCUT2D eigenvalue weighted by Crippen LogP contribution is 2.38. The molecule has 7 heteroatoms. The summed E-state index contributed by atoms with van der Waals surface area (Å²) in [5.74, 6) is 3.03. The molecule has 4 rings (SSSR count). The Balaban J connectivity index is 1.27. The number of halogens is 1. The second-order valence-electron chi connectivity index (χ2n) is 6.48. The first kappa shape index (κ1) is 15.2. The zero-order valence-corrected chi connectivity index (χ0v) is 13.8. The fourth-order valence-corrected chi connectivity index (χ4v) is 3.25. The molecule has 1 N–H and O–H groups in total. The Morgan fingerprint density at radius 2 is 2.22 bits per heavy atom. The van der Waals surface area contributed by atoms with Gasteiger partial charge in [0.15, 0.2) is 11.0 Å². The third-order valence-corrected chi connectivity index (χ3v) is 4.68. The SMILES string of the molecule is Clc1ccc(CN[C@H]2CCCN(Cc3noc(C4CC4)n3)C2)o1. The molecule has 3 heterocycles. The fraction of sp³-hybridized carbons (Fsp3) is 0.625. The number of aromatic nitrogens is 2. The zero-order chi connectivity index (χ0) is 15.6. The van der Waals surface area contributed by atoms with Crippen LogP contribution in [0.25, 0.3) is 0 Å². The molecule has 0 amide bonds.